The van der Waals surface area contributed by atoms with Crippen LogP contribution < -0.4 is 0 Å². The van der Waals surface area contributed by atoms with Gasteiger partial charge in [0, 0.05) is 4.91 Å². The molecule has 9 heavy (non-hydrogen) atoms. The summed E-state index contributed by atoms with van der Waals surface area (Å²) < 4.78 is 0. The Balaban J connectivity index is 2.74. The van der Waals surface area contributed by atoms with Gasteiger partial charge in [-0.25, -0.2) is 0 Å². The van der Waals surface area contributed by atoms with Crippen LogP contribution in [0.4, 0.5) is 0 Å². The molecule has 1 unspecified atom stereocenters. The molecule has 0 aliphatic heterocycles. The number of hydrogen-bond donors (Lipinski definition) is 2. The summed E-state index contributed by atoms with van der Waals surface area (Å²) in [7, 11) is 0. The molecule has 0 bridgehead atoms. The minimum Gasteiger partial charge on any atom is -0.388 e. The van der Waals surface area contributed by atoms with Crippen LogP contribution in [0.2, 0.25) is 0 Å². The highest BCUT2D eigenvalue weighted by molar-refractivity contribution is 7.84. The fourth-order valence-corrected chi connectivity index (χ4v) is 1.12. The third kappa shape index (κ3) is 1.60. The molecule has 0 saturated heterocycles. The van der Waals surface area contributed by atoms with E-state index in [9.17, 15) is 0 Å². The number of allylic oxidation sites excluding steroid dienone is 1. The lowest BCUT2D eigenvalue weighted by molar-refractivity contribution is 0.213. The van der Waals surface area contributed by atoms with Gasteiger partial charge in [-0.05, 0) is 25.0 Å². The first kappa shape index (κ1) is 6.90. The van der Waals surface area contributed by atoms with Gasteiger partial charge in [0.15, 0.2) is 0 Å². The van der Waals surface area contributed by atoms with Crippen LogP contribution in [-0.4, -0.2) is 11.2 Å². The van der Waals surface area contributed by atoms with E-state index < -0.39 is 0 Å². The topological polar surface area (TPSA) is 20.2 Å². The summed E-state index contributed by atoms with van der Waals surface area (Å²) in [6.07, 6.45) is 4.24. The fourth-order valence-electron chi connectivity index (χ4n) is 0.807. The zero-order chi connectivity index (χ0) is 6.85. The van der Waals surface area contributed by atoms with E-state index in [4.69, 9.17) is 5.11 Å². The van der Waals surface area contributed by atoms with E-state index in [1.807, 2.05) is 19.1 Å². The third-order valence-corrected chi connectivity index (χ3v) is 1.76. The first-order valence-corrected chi connectivity index (χ1v) is 3.40. The molecule has 1 rings (SSSR count). The summed E-state index contributed by atoms with van der Waals surface area (Å²) in [4.78, 5) is 0.956. The van der Waals surface area contributed by atoms with Gasteiger partial charge in [-0.15, -0.1) is 12.6 Å². The minimum atomic E-state index is -0.277. The van der Waals surface area contributed by atoms with Crippen LogP contribution in [0.15, 0.2) is 22.6 Å². The Morgan fingerprint density at radius 2 is 2.44 bits per heavy atom. The average Bonchev–Trinajstić information content (AvgIpc) is 1.80. The Bertz CT molecular complexity index is 170. The molecule has 0 amide bonds. The first-order valence-electron chi connectivity index (χ1n) is 2.95. The third-order valence-electron chi connectivity index (χ3n) is 1.45. The Morgan fingerprint density at radius 1 is 1.78 bits per heavy atom. The fraction of sp³-hybridized carbons (Fsp3) is 0.429. The summed E-state index contributed by atoms with van der Waals surface area (Å²) in [6.45, 7) is 1.91. The maximum Gasteiger partial charge on any atom is 0.0785 e. The SMILES string of the molecule is CC1=CC(S)=CCC1O. The van der Waals surface area contributed by atoms with Crippen LogP contribution in [0, 0.1) is 0 Å². The zero-order valence-corrected chi connectivity index (χ0v) is 6.23. The van der Waals surface area contributed by atoms with Crippen molar-refractivity contribution in [3.63, 3.8) is 0 Å². The molecule has 0 aromatic heterocycles. The van der Waals surface area contributed by atoms with Crippen LogP contribution in [0.5, 0.6) is 0 Å². The number of aliphatic hydroxyl groups excluding tert-OH is 1. The van der Waals surface area contributed by atoms with E-state index >= 15 is 0 Å². The summed E-state index contributed by atoms with van der Waals surface area (Å²) in [6, 6.07) is 0. The quantitative estimate of drug-likeness (QED) is 0.491. The molecule has 0 aromatic rings. The minimum absolute atomic E-state index is 0.277. The Labute approximate surface area is 60.5 Å². The first-order chi connectivity index (χ1) is 4.20. The number of thiol groups is 1. The highest BCUT2D eigenvalue weighted by Gasteiger charge is 2.08. The molecular weight excluding hydrogens is 132 g/mol. The predicted molar refractivity (Wildman–Crippen MR) is 41.4 cm³/mol. The highest BCUT2D eigenvalue weighted by Crippen LogP contribution is 2.18. The molecule has 0 aromatic carbocycles. The summed E-state index contributed by atoms with van der Waals surface area (Å²) in [5, 5.41) is 9.15. The molecule has 1 aliphatic rings. The maximum absolute atomic E-state index is 9.15. The zero-order valence-electron chi connectivity index (χ0n) is 5.33. The van der Waals surface area contributed by atoms with Crippen molar-refractivity contribution in [3.05, 3.63) is 22.6 Å². The van der Waals surface area contributed by atoms with Crippen molar-refractivity contribution in [1.29, 1.82) is 0 Å². The van der Waals surface area contributed by atoms with E-state index in [2.05, 4.69) is 12.6 Å². The number of aliphatic hydroxyl groups is 1. The molecule has 50 valence electrons. The van der Waals surface area contributed by atoms with E-state index in [0.29, 0.717) is 6.42 Å². The number of hydrogen-bond acceptors (Lipinski definition) is 2. The molecule has 0 heterocycles. The van der Waals surface area contributed by atoms with Crippen LogP contribution in [0.1, 0.15) is 13.3 Å². The van der Waals surface area contributed by atoms with Gasteiger partial charge >= 0.3 is 0 Å². The lowest BCUT2D eigenvalue weighted by Crippen LogP contribution is -2.09. The Kier molecular flexibility index (Phi) is 1.98. The second-order valence-electron chi connectivity index (χ2n) is 2.27. The molecule has 0 spiro atoms. The molecule has 1 atom stereocenters. The van der Waals surface area contributed by atoms with Gasteiger partial charge < -0.3 is 5.11 Å². The summed E-state index contributed by atoms with van der Waals surface area (Å²) in [5.74, 6) is 0. The lowest BCUT2D eigenvalue weighted by Gasteiger charge is -2.13. The molecule has 1 N–H and O–H groups in total. The molecule has 2 heteroatoms. The molecule has 1 nitrogen and oxygen atoms in total. The smallest absolute Gasteiger partial charge is 0.0785 e. The second kappa shape index (κ2) is 2.58. The van der Waals surface area contributed by atoms with Gasteiger partial charge in [-0.3, -0.25) is 0 Å². The van der Waals surface area contributed by atoms with Crippen molar-refractivity contribution in [2.45, 2.75) is 19.4 Å². The molecule has 1 aliphatic carbocycles. The molecular formula is C7H10OS. The largest absolute Gasteiger partial charge is 0.388 e. The normalized spacial score (nSPS) is 27.2. The van der Waals surface area contributed by atoms with Gasteiger partial charge in [0.05, 0.1) is 6.10 Å². The molecule has 0 radical (unpaired) electrons. The van der Waals surface area contributed by atoms with Crippen molar-refractivity contribution in [2.24, 2.45) is 0 Å². The average molecular weight is 142 g/mol. The van der Waals surface area contributed by atoms with E-state index in [1.54, 1.807) is 0 Å². The monoisotopic (exact) mass is 142 g/mol. The van der Waals surface area contributed by atoms with Crippen LogP contribution in [0.25, 0.3) is 0 Å². The van der Waals surface area contributed by atoms with E-state index in [1.165, 1.54) is 0 Å². The van der Waals surface area contributed by atoms with Crippen LogP contribution >= 0.6 is 12.6 Å². The van der Waals surface area contributed by atoms with E-state index in [-0.39, 0.29) is 6.10 Å². The van der Waals surface area contributed by atoms with Crippen molar-refractivity contribution in [1.82, 2.24) is 0 Å². The van der Waals surface area contributed by atoms with Crippen molar-refractivity contribution in [2.75, 3.05) is 0 Å². The van der Waals surface area contributed by atoms with Crippen LogP contribution in [0.3, 0.4) is 0 Å². The maximum atomic E-state index is 9.15. The predicted octanol–water partition coefficient (Wildman–Crippen LogP) is 1.51. The Morgan fingerprint density at radius 3 is 2.89 bits per heavy atom. The van der Waals surface area contributed by atoms with Crippen molar-refractivity contribution < 1.29 is 5.11 Å². The van der Waals surface area contributed by atoms with Gasteiger partial charge in [0.25, 0.3) is 0 Å². The molecule has 0 fully saturated rings. The Hall–Kier alpha value is -0.210. The second-order valence-corrected chi connectivity index (χ2v) is 2.79. The highest BCUT2D eigenvalue weighted by atomic mass is 32.1. The van der Waals surface area contributed by atoms with Crippen molar-refractivity contribution >= 4 is 12.6 Å². The van der Waals surface area contributed by atoms with Crippen molar-refractivity contribution in [3.8, 4) is 0 Å². The summed E-state index contributed by atoms with van der Waals surface area (Å²) >= 11 is 4.13. The lowest BCUT2D eigenvalue weighted by atomic mass is 10.0. The van der Waals surface area contributed by atoms with Gasteiger partial charge in [0.2, 0.25) is 0 Å². The van der Waals surface area contributed by atoms with Gasteiger partial charge in [-0.2, -0.15) is 0 Å². The number of rotatable bonds is 0. The van der Waals surface area contributed by atoms with E-state index in [0.717, 1.165) is 10.5 Å². The van der Waals surface area contributed by atoms with Gasteiger partial charge in [0.1, 0.15) is 0 Å². The van der Waals surface area contributed by atoms with Crippen LogP contribution in [-0.2, 0) is 0 Å². The van der Waals surface area contributed by atoms with Gasteiger partial charge in [-0.1, -0.05) is 6.08 Å². The standard InChI is InChI=1S/C7H10OS/c1-5-4-6(9)2-3-7(5)8/h2,4,7-9H,3H2,1H3. The summed E-state index contributed by atoms with van der Waals surface area (Å²) in [5.41, 5.74) is 1.00. The molecule has 0 saturated carbocycles.